The van der Waals surface area contributed by atoms with Crippen LogP contribution in [0.4, 0.5) is 0 Å². The van der Waals surface area contributed by atoms with E-state index in [1.807, 2.05) is 4.90 Å². The minimum atomic E-state index is -0.619. The molecule has 1 spiro atoms. The molecule has 206 valence electrons. The second kappa shape index (κ2) is 12.8. The van der Waals surface area contributed by atoms with Crippen molar-refractivity contribution in [2.45, 2.75) is 48.1 Å². The van der Waals surface area contributed by atoms with Gasteiger partial charge in [0.2, 0.25) is 11.8 Å². The normalized spacial score (nSPS) is 30.8. The molecule has 4 saturated heterocycles. The van der Waals surface area contributed by atoms with Gasteiger partial charge in [-0.15, -0.1) is 18.3 Å². The number of fused-ring (bicyclic) bond motifs is 1. The van der Waals surface area contributed by atoms with Crippen LogP contribution in [0.1, 0.15) is 32.1 Å². The summed E-state index contributed by atoms with van der Waals surface area (Å²) in [7, 11) is 0. The van der Waals surface area contributed by atoms with Crippen LogP contribution < -0.4 is 0 Å². The van der Waals surface area contributed by atoms with E-state index >= 15 is 0 Å². The first-order valence-corrected chi connectivity index (χ1v) is 14.4. The summed E-state index contributed by atoms with van der Waals surface area (Å²) in [6, 6.07) is -0.615. The van der Waals surface area contributed by atoms with Crippen molar-refractivity contribution in [2.24, 2.45) is 11.8 Å². The van der Waals surface area contributed by atoms with Crippen LogP contribution in [0.3, 0.4) is 0 Å². The molecule has 0 aliphatic carbocycles. The number of morpholine rings is 1. The molecule has 9 nitrogen and oxygen atoms in total. The predicted octanol–water partition coefficient (Wildman–Crippen LogP) is 1.32. The summed E-state index contributed by atoms with van der Waals surface area (Å²) in [5.74, 6) is -1.61. The maximum atomic E-state index is 14.3. The molecule has 4 heterocycles. The predicted molar refractivity (Wildman–Crippen MR) is 142 cm³/mol. The molecule has 1 N–H and O–H groups in total. The highest BCUT2D eigenvalue weighted by Crippen LogP contribution is 2.66. The number of thioether (sulfide) groups is 1. The Bertz CT molecular complexity index is 865. The summed E-state index contributed by atoms with van der Waals surface area (Å²) in [6.45, 7) is 12.9. The van der Waals surface area contributed by atoms with Gasteiger partial charge in [0.15, 0.2) is 0 Å². The molecule has 5 atom stereocenters. The summed E-state index contributed by atoms with van der Waals surface area (Å²) >= 11 is 1.66. The van der Waals surface area contributed by atoms with Gasteiger partial charge in [0, 0.05) is 51.1 Å². The average molecular weight is 536 g/mol. The third kappa shape index (κ3) is 5.62. The van der Waals surface area contributed by atoms with Crippen LogP contribution in [0.15, 0.2) is 25.3 Å². The lowest BCUT2D eigenvalue weighted by atomic mass is 9.71. The van der Waals surface area contributed by atoms with E-state index in [9.17, 15) is 19.5 Å². The van der Waals surface area contributed by atoms with Crippen molar-refractivity contribution >= 4 is 29.5 Å². The lowest BCUT2D eigenvalue weighted by Gasteiger charge is -2.38. The van der Waals surface area contributed by atoms with Gasteiger partial charge in [0.05, 0.1) is 29.8 Å². The number of hydrogen-bond donors (Lipinski definition) is 1. The van der Waals surface area contributed by atoms with Crippen LogP contribution in [0.25, 0.3) is 0 Å². The molecular weight excluding hydrogens is 494 g/mol. The summed E-state index contributed by atoms with van der Waals surface area (Å²) in [4.78, 5) is 47.2. The highest BCUT2D eigenvalue weighted by molar-refractivity contribution is 8.02. The lowest BCUT2D eigenvalue weighted by molar-refractivity contribution is -0.153. The number of amides is 2. The second-order valence-corrected chi connectivity index (χ2v) is 11.9. The number of carbonyl (C=O) groups excluding carboxylic acids is 3. The van der Waals surface area contributed by atoms with Crippen LogP contribution in [0, 0.1) is 11.8 Å². The van der Waals surface area contributed by atoms with Crippen molar-refractivity contribution < 1.29 is 29.0 Å². The van der Waals surface area contributed by atoms with E-state index in [0.717, 1.165) is 38.9 Å². The summed E-state index contributed by atoms with van der Waals surface area (Å²) in [5, 5.41) is 9.19. The van der Waals surface area contributed by atoms with Gasteiger partial charge in [-0.25, -0.2) is 0 Å². The Kier molecular flexibility index (Phi) is 9.72. The lowest BCUT2D eigenvalue weighted by Crippen LogP contribution is -2.56. The fourth-order valence-corrected chi connectivity index (χ4v) is 8.66. The van der Waals surface area contributed by atoms with Gasteiger partial charge in [-0.05, 0) is 32.1 Å². The number of likely N-dealkylation sites (tertiary alicyclic amines) is 1. The summed E-state index contributed by atoms with van der Waals surface area (Å²) in [6.07, 6.45) is 6.93. The molecule has 4 aliphatic rings. The number of unbranched alkanes of at least 4 members (excludes halogenated alkanes) is 2. The first-order chi connectivity index (χ1) is 18.0. The second-order valence-electron chi connectivity index (χ2n) is 10.3. The standard InChI is InChI=1S/C27H41N3O6S/c1-3-10-29(13-12-28-14-18-35-19-15-28)25(33)23-27-9-8-20(37-27)21(26(34)36-17-4-2)22(27)24(32)30(23)11-6-5-7-16-31/h3-4,20-23,31H,1-2,5-19H2/t20-,21+,22-,23?,27?/m0/s1. The maximum absolute atomic E-state index is 14.3. The van der Waals surface area contributed by atoms with Crippen LogP contribution >= 0.6 is 11.8 Å². The number of aliphatic hydroxyl groups is 1. The topological polar surface area (TPSA) is 99.6 Å². The molecule has 0 aromatic rings. The first kappa shape index (κ1) is 28.1. The molecule has 10 heteroatoms. The number of carbonyl (C=O) groups is 3. The molecular formula is C27H41N3O6S. The van der Waals surface area contributed by atoms with Crippen molar-refractivity contribution in [1.82, 2.24) is 14.7 Å². The molecule has 2 unspecified atom stereocenters. The monoisotopic (exact) mass is 535 g/mol. The zero-order valence-electron chi connectivity index (χ0n) is 21.7. The zero-order chi connectivity index (χ0) is 26.4. The molecule has 2 amide bonds. The summed E-state index contributed by atoms with van der Waals surface area (Å²) in [5.41, 5.74) is 0. The van der Waals surface area contributed by atoms with E-state index in [1.165, 1.54) is 6.08 Å². The van der Waals surface area contributed by atoms with Crippen LogP contribution in [-0.4, -0.2) is 119 Å². The smallest absolute Gasteiger partial charge is 0.311 e. The third-order valence-electron chi connectivity index (χ3n) is 8.16. The minimum Gasteiger partial charge on any atom is -0.461 e. The SMILES string of the molecule is C=CCOC(=O)[C@@H]1[C@@H]2CCC3(S2)C(C(=O)N(CC=C)CCN2CCOCC2)N(CCCCCO)C(=O)[C@H]13. The molecule has 0 aromatic carbocycles. The van der Waals surface area contributed by atoms with E-state index in [-0.39, 0.29) is 36.2 Å². The quantitative estimate of drug-likeness (QED) is 0.202. The van der Waals surface area contributed by atoms with Gasteiger partial charge < -0.3 is 24.4 Å². The van der Waals surface area contributed by atoms with Crippen molar-refractivity contribution in [1.29, 1.82) is 0 Å². The Hall–Kier alpha value is -1.88. The Morgan fingerprint density at radius 1 is 1.19 bits per heavy atom. The van der Waals surface area contributed by atoms with Gasteiger partial charge in [-0.3, -0.25) is 19.3 Å². The molecule has 0 radical (unpaired) electrons. The molecule has 4 rings (SSSR count). The Labute approximate surface area is 224 Å². The van der Waals surface area contributed by atoms with Gasteiger partial charge in [-0.1, -0.05) is 18.7 Å². The van der Waals surface area contributed by atoms with Crippen molar-refractivity contribution in [2.75, 3.05) is 65.7 Å². The van der Waals surface area contributed by atoms with Crippen molar-refractivity contribution in [3.8, 4) is 0 Å². The molecule has 0 aromatic heterocycles. The number of aliphatic hydroxyl groups excluding tert-OH is 1. The number of ether oxygens (including phenoxy) is 2. The van der Waals surface area contributed by atoms with Crippen LogP contribution in [0.5, 0.6) is 0 Å². The van der Waals surface area contributed by atoms with Gasteiger partial charge in [0.1, 0.15) is 12.6 Å². The zero-order valence-corrected chi connectivity index (χ0v) is 22.5. The number of nitrogens with zero attached hydrogens (tertiary/aromatic N) is 3. The third-order valence-corrected chi connectivity index (χ3v) is 10.1. The van der Waals surface area contributed by atoms with Crippen LogP contribution in [0.2, 0.25) is 0 Å². The highest BCUT2D eigenvalue weighted by Gasteiger charge is 2.74. The molecule has 0 saturated carbocycles. The highest BCUT2D eigenvalue weighted by atomic mass is 32.2. The molecule has 4 fully saturated rings. The minimum absolute atomic E-state index is 0.0145. The molecule has 37 heavy (non-hydrogen) atoms. The largest absolute Gasteiger partial charge is 0.461 e. The van der Waals surface area contributed by atoms with E-state index in [2.05, 4.69) is 18.1 Å². The van der Waals surface area contributed by atoms with E-state index < -0.39 is 22.6 Å². The molecule has 2 bridgehead atoms. The average Bonchev–Trinajstić information content (AvgIpc) is 3.55. The Morgan fingerprint density at radius 2 is 1.97 bits per heavy atom. The van der Waals surface area contributed by atoms with Crippen molar-refractivity contribution in [3.05, 3.63) is 25.3 Å². The number of esters is 1. The molecule has 4 aliphatic heterocycles. The first-order valence-electron chi connectivity index (χ1n) is 13.5. The maximum Gasteiger partial charge on any atom is 0.311 e. The van der Waals surface area contributed by atoms with Crippen molar-refractivity contribution in [3.63, 3.8) is 0 Å². The number of rotatable bonds is 14. The fourth-order valence-electron chi connectivity index (χ4n) is 6.46. The van der Waals surface area contributed by atoms with Gasteiger partial charge in [0.25, 0.3) is 0 Å². The van der Waals surface area contributed by atoms with Crippen LogP contribution in [-0.2, 0) is 23.9 Å². The fraction of sp³-hybridized carbons (Fsp3) is 0.741. The summed E-state index contributed by atoms with van der Waals surface area (Å²) < 4.78 is 10.3. The van der Waals surface area contributed by atoms with E-state index in [0.29, 0.717) is 45.7 Å². The Morgan fingerprint density at radius 3 is 2.68 bits per heavy atom. The number of hydrogen-bond acceptors (Lipinski definition) is 8. The Balaban J connectivity index is 1.59. The van der Waals surface area contributed by atoms with Gasteiger partial charge in [-0.2, -0.15) is 0 Å². The van der Waals surface area contributed by atoms with Gasteiger partial charge >= 0.3 is 5.97 Å². The van der Waals surface area contributed by atoms with E-state index in [1.54, 1.807) is 22.7 Å². The van der Waals surface area contributed by atoms with E-state index in [4.69, 9.17) is 9.47 Å².